The van der Waals surface area contributed by atoms with E-state index in [0.29, 0.717) is 10.8 Å². The molecule has 0 spiro atoms. The minimum atomic E-state index is 0.427. The molecule has 1 saturated carbocycles. The fourth-order valence-corrected chi connectivity index (χ4v) is 4.57. The molecular formula is C19H38. The summed E-state index contributed by atoms with van der Waals surface area (Å²) in [5.41, 5.74) is 0.878. The lowest BCUT2D eigenvalue weighted by Gasteiger charge is -2.51. The first kappa shape index (κ1) is 17.1. The Kier molecular flexibility index (Phi) is 5.19. The first-order chi connectivity index (χ1) is 8.63. The van der Waals surface area contributed by atoms with Gasteiger partial charge in [-0.05, 0) is 53.3 Å². The molecule has 0 nitrogen and oxygen atoms in total. The van der Waals surface area contributed by atoms with E-state index in [0.717, 1.165) is 29.6 Å². The summed E-state index contributed by atoms with van der Waals surface area (Å²) < 4.78 is 0. The highest BCUT2D eigenvalue weighted by molar-refractivity contribution is 4.99. The molecule has 0 amide bonds. The molecule has 0 bridgehead atoms. The average molecular weight is 267 g/mol. The SMILES string of the molecule is CCC1C(C)C1CC(C)C(C)(C)C(C)(CC)C(C)C. The van der Waals surface area contributed by atoms with Crippen LogP contribution in [0.25, 0.3) is 0 Å². The molecule has 0 heteroatoms. The highest BCUT2D eigenvalue weighted by atomic mass is 14.5. The monoisotopic (exact) mass is 266 g/mol. The zero-order valence-electron chi connectivity index (χ0n) is 15.0. The van der Waals surface area contributed by atoms with Crippen molar-refractivity contribution in [1.29, 1.82) is 0 Å². The maximum absolute atomic E-state index is 2.52. The maximum atomic E-state index is 2.52. The second-order valence-electron chi connectivity index (χ2n) is 8.38. The molecule has 1 aliphatic carbocycles. The Morgan fingerprint density at radius 1 is 0.947 bits per heavy atom. The van der Waals surface area contributed by atoms with E-state index >= 15 is 0 Å². The van der Waals surface area contributed by atoms with Gasteiger partial charge in [0.15, 0.2) is 0 Å². The summed E-state index contributed by atoms with van der Waals surface area (Å²) in [5.74, 6) is 4.59. The topological polar surface area (TPSA) is 0 Å². The van der Waals surface area contributed by atoms with Gasteiger partial charge in [-0.25, -0.2) is 0 Å². The number of hydrogen-bond acceptors (Lipinski definition) is 0. The molecule has 1 fully saturated rings. The lowest BCUT2D eigenvalue weighted by molar-refractivity contribution is -0.0190. The summed E-state index contributed by atoms with van der Waals surface area (Å²) in [7, 11) is 0. The van der Waals surface area contributed by atoms with Gasteiger partial charge in [-0.1, -0.05) is 68.7 Å². The standard InChI is InChI=1S/C19H38/c1-10-16-15(6)17(16)12-14(5)18(7,8)19(9,11-2)13(3)4/h13-17H,10-12H2,1-9H3. The van der Waals surface area contributed by atoms with E-state index in [4.69, 9.17) is 0 Å². The quantitative estimate of drug-likeness (QED) is 0.500. The van der Waals surface area contributed by atoms with Gasteiger partial charge in [0.25, 0.3) is 0 Å². The first-order valence-electron chi connectivity index (χ1n) is 8.63. The Hall–Kier alpha value is 0. The van der Waals surface area contributed by atoms with Gasteiger partial charge in [0, 0.05) is 0 Å². The third-order valence-electron chi connectivity index (χ3n) is 7.57. The Morgan fingerprint density at radius 3 is 1.79 bits per heavy atom. The summed E-state index contributed by atoms with van der Waals surface area (Å²) in [6.07, 6.45) is 4.11. The fourth-order valence-electron chi connectivity index (χ4n) is 4.57. The molecule has 1 aliphatic rings. The zero-order chi connectivity index (χ0) is 15.0. The molecule has 19 heavy (non-hydrogen) atoms. The Labute approximate surface area is 122 Å². The van der Waals surface area contributed by atoms with Crippen molar-refractivity contribution in [3.63, 3.8) is 0 Å². The van der Waals surface area contributed by atoms with Crippen LogP contribution in [-0.4, -0.2) is 0 Å². The minimum Gasteiger partial charge on any atom is -0.0651 e. The molecule has 0 saturated heterocycles. The molecular weight excluding hydrogens is 228 g/mol. The predicted molar refractivity (Wildman–Crippen MR) is 87.2 cm³/mol. The largest absolute Gasteiger partial charge is 0.0651 e. The second kappa shape index (κ2) is 5.78. The van der Waals surface area contributed by atoms with E-state index in [-0.39, 0.29) is 0 Å². The van der Waals surface area contributed by atoms with E-state index < -0.39 is 0 Å². The average Bonchev–Trinajstić information content (AvgIpc) is 2.96. The van der Waals surface area contributed by atoms with Crippen molar-refractivity contribution in [3.8, 4) is 0 Å². The van der Waals surface area contributed by atoms with Crippen LogP contribution in [0.2, 0.25) is 0 Å². The van der Waals surface area contributed by atoms with Crippen molar-refractivity contribution in [1.82, 2.24) is 0 Å². The van der Waals surface area contributed by atoms with E-state index in [1.807, 2.05) is 0 Å². The first-order valence-corrected chi connectivity index (χ1v) is 8.63. The van der Waals surface area contributed by atoms with Gasteiger partial charge < -0.3 is 0 Å². The molecule has 0 aromatic heterocycles. The molecule has 0 radical (unpaired) electrons. The summed E-state index contributed by atoms with van der Waals surface area (Å²) in [4.78, 5) is 0. The van der Waals surface area contributed by atoms with Gasteiger partial charge in [-0.15, -0.1) is 0 Å². The Bertz CT molecular complexity index is 288. The van der Waals surface area contributed by atoms with Crippen LogP contribution in [-0.2, 0) is 0 Å². The molecule has 0 aromatic carbocycles. The molecule has 0 aromatic rings. The molecule has 5 unspecified atom stereocenters. The predicted octanol–water partition coefficient (Wildman–Crippen LogP) is 6.40. The highest BCUT2D eigenvalue weighted by Crippen LogP contribution is 2.57. The lowest BCUT2D eigenvalue weighted by Crippen LogP contribution is -2.43. The third-order valence-corrected chi connectivity index (χ3v) is 7.57. The summed E-state index contributed by atoms with van der Waals surface area (Å²) in [6, 6.07) is 0. The molecule has 5 atom stereocenters. The van der Waals surface area contributed by atoms with Gasteiger partial charge in [0.1, 0.15) is 0 Å². The second-order valence-corrected chi connectivity index (χ2v) is 8.38. The molecule has 1 rings (SSSR count). The van der Waals surface area contributed by atoms with E-state index in [2.05, 4.69) is 62.3 Å². The fraction of sp³-hybridized carbons (Fsp3) is 1.00. The van der Waals surface area contributed by atoms with Gasteiger partial charge >= 0.3 is 0 Å². The van der Waals surface area contributed by atoms with Crippen LogP contribution < -0.4 is 0 Å². The van der Waals surface area contributed by atoms with Crippen molar-refractivity contribution < 1.29 is 0 Å². The molecule has 0 aliphatic heterocycles. The summed E-state index contributed by atoms with van der Waals surface area (Å²) >= 11 is 0. The van der Waals surface area contributed by atoms with Gasteiger partial charge in [0.2, 0.25) is 0 Å². The zero-order valence-corrected chi connectivity index (χ0v) is 15.0. The van der Waals surface area contributed by atoms with Crippen LogP contribution in [0.3, 0.4) is 0 Å². The van der Waals surface area contributed by atoms with Crippen LogP contribution in [0.1, 0.15) is 81.6 Å². The van der Waals surface area contributed by atoms with Crippen molar-refractivity contribution >= 4 is 0 Å². The third kappa shape index (κ3) is 2.88. The Morgan fingerprint density at radius 2 is 1.47 bits per heavy atom. The van der Waals surface area contributed by atoms with Crippen LogP contribution in [0, 0.1) is 40.4 Å². The minimum absolute atomic E-state index is 0.427. The van der Waals surface area contributed by atoms with Gasteiger partial charge in [-0.3, -0.25) is 0 Å². The highest BCUT2D eigenvalue weighted by Gasteiger charge is 2.50. The Balaban J connectivity index is 2.76. The van der Waals surface area contributed by atoms with Gasteiger partial charge in [-0.2, -0.15) is 0 Å². The number of rotatable bonds is 7. The summed E-state index contributed by atoms with van der Waals surface area (Å²) in [6.45, 7) is 22.1. The van der Waals surface area contributed by atoms with Crippen LogP contribution in [0.4, 0.5) is 0 Å². The van der Waals surface area contributed by atoms with E-state index in [1.165, 1.54) is 19.3 Å². The van der Waals surface area contributed by atoms with Crippen molar-refractivity contribution in [2.45, 2.75) is 81.6 Å². The number of hydrogen-bond donors (Lipinski definition) is 0. The van der Waals surface area contributed by atoms with Crippen LogP contribution in [0.5, 0.6) is 0 Å². The van der Waals surface area contributed by atoms with Crippen molar-refractivity contribution in [3.05, 3.63) is 0 Å². The van der Waals surface area contributed by atoms with Crippen LogP contribution >= 0.6 is 0 Å². The van der Waals surface area contributed by atoms with Crippen molar-refractivity contribution in [2.24, 2.45) is 40.4 Å². The lowest BCUT2D eigenvalue weighted by atomic mass is 9.54. The van der Waals surface area contributed by atoms with Gasteiger partial charge in [0.05, 0.1) is 0 Å². The normalized spacial score (nSPS) is 32.2. The molecule has 0 heterocycles. The van der Waals surface area contributed by atoms with Crippen LogP contribution in [0.15, 0.2) is 0 Å². The van der Waals surface area contributed by atoms with Crippen molar-refractivity contribution in [2.75, 3.05) is 0 Å². The van der Waals surface area contributed by atoms with E-state index in [9.17, 15) is 0 Å². The van der Waals surface area contributed by atoms with E-state index in [1.54, 1.807) is 0 Å². The smallest absolute Gasteiger partial charge is 0.0252 e. The maximum Gasteiger partial charge on any atom is -0.0252 e. The molecule has 0 N–H and O–H groups in total. The molecule has 114 valence electrons. The summed E-state index contributed by atoms with van der Waals surface area (Å²) in [5, 5.41) is 0.